The highest BCUT2D eigenvalue weighted by Crippen LogP contribution is 2.24. The SMILES string of the molecule is CC1=[C]CC=C1C(C)C. The lowest BCUT2D eigenvalue weighted by Crippen LogP contribution is -1.91. The van der Waals surface area contributed by atoms with Gasteiger partial charge < -0.3 is 0 Å². The van der Waals surface area contributed by atoms with Crippen molar-refractivity contribution in [2.24, 2.45) is 5.92 Å². The maximum absolute atomic E-state index is 3.27. The second-order valence-electron chi connectivity index (χ2n) is 2.82. The molecule has 1 rings (SSSR count). The molecule has 1 aliphatic carbocycles. The van der Waals surface area contributed by atoms with Crippen molar-refractivity contribution in [1.29, 1.82) is 0 Å². The van der Waals surface area contributed by atoms with Crippen LogP contribution >= 0.6 is 0 Å². The van der Waals surface area contributed by atoms with Gasteiger partial charge in [0.25, 0.3) is 0 Å². The van der Waals surface area contributed by atoms with Crippen LogP contribution in [0.3, 0.4) is 0 Å². The third-order valence-corrected chi connectivity index (χ3v) is 1.74. The molecular formula is C9H13. The van der Waals surface area contributed by atoms with E-state index in [1.807, 2.05) is 0 Å². The van der Waals surface area contributed by atoms with E-state index in [-0.39, 0.29) is 0 Å². The summed E-state index contributed by atoms with van der Waals surface area (Å²) >= 11 is 0. The average molecular weight is 121 g/mol. The van der Waals surface area contributed by atoms with Crippen LogP contribution in [0.25, 0.3) is 0 Å². The van der Waals surface area contributed by atoms with Crippen molar-refractivity contribution >= 4 is 0 Å². The van der Waals surface area contributed by atoms with Gasteiger partial charge in [0, 0.05) is 0 Å². The molecule has 0 heteroatoms. The molecule has 0 fully saturated rings. The van der Waals surface area contributed by atoms with Crippen LogP contribution in [-0.4, -0.2) is 0 Å². The van der Waals surface area contributed by atoms with Crippen molar-refractivity contribution in [2.45, 2.75) is 27.2 Å². The molecule has 0 nitrogen and oxygen atoms in total. The third-order valence-electron chi connectivity index (χ3n) is 1.74. The molecule has 9 heavy (non-hydrogen) atoms. The zero-order valence-corrected chi connectivity index (χ0v) is 6.36. The molecule has 0 saturated carbocycles. The van der Waals surface area contributed by atoms with Crippen LogP contribution in [0.1, 0.15) is 27.2 Å². The molecule has 0 unspecified atom stereocenters. The van der Waals surface area contributed by atoms with Crippen molar-refractivity contribution in [3.8, 4) is 0 Å². The molecule has 0 heterocycles. The topological polar surface area (TPSA) is 0 Å². The van der Waals surface area contributed by atoms with E-state index >= 15 is 0 Å². The van der Waals surface area contributed by atoms with Gasteiger partial charge in [-0.1, -0.05) is 19.9 Å². The Morgan fingerprint density at radius 1 is 1.56 bits per heavy atom. The lowest BCUT2D eigenvalue weighted by atomic mass is 10.00. The summed E-state index contributed by atoms with van der Waals surface area (Å²) < 4.78 is 0. The summed E-state index contributed by atoms with van der Waals surface area (Å²) in [6.07, 6.45) is 6.57. The standard InChI is InChI=1S/C9H13/c1-7(2)9-6-4-5-8(9)3/h6-7H,4H2,1-3H3. The van der Waals surface area contributed by atoms with E-state index in [0.717, 1.165) is 6.42 Å². The van der Waals surface area contributed by atoms with Gasteiger partial charge in [-0.15, -0.1) is 0 Å². The Morgan fingerprint density at radius 3 is 2.44 bits per heavy atom. The Bertz CT molecular complexity index is 159. The number of allylic oxidation sites excluding steroid dienone is 4. The summed E-state index contributed by atoms with van der Waals surface area (Å²) in [5.41, 5.74) is 2.83. The second kappa shape index (κ2) is 2.38. The maximum Gasteiger partial charge on any atom is -0.00857 e. The summed E-state index contributed by atoms with van der Waals surface area (Å²) in [6.45, 7) is 6.59. The highest BCUT2D eigenvalue weighted by Gasteiger charge is 2.08. The van der Waals surface area contributed by atoms with Crippen molar-refractivity contribution in [1.82, 2.24) is 0 Å². The Balaban J connectivity index is 2.72. The fourth-order valence-electron chi connectivity index (χ4n) is 1.24. The molecule has 0 atom stereocenters. The van der Waals surface area contributed by atoms with E-state index in [4.69, 9.17) is 0 Å². The van der Waals surface area contributed by atoms with Crippen LogP contribution in [0.4, 0.5) is 0 Å². The molecule has 49 valence electrons. The number of hydrogen-bond acceptors (Lipinski definition) is 0. The normalized spacial score (nSPS) is 18.2. The van der Waals surface area contributed by atoms with Gasteiger partial charge >= 0.3 is 0 Å². The van der Waals surface area contributed by atoms with Crippen LogP contribution < -0.4 is 0 Å². The predicted molar refractivity (Wildman–Crippen MR) is 40.0 cm³/mol. The average Bonchev–Trinajstić information content (AvgIpc) is 2.13. The summed E-state index contributed by atoms with van der Waals surface area (Å²) in [6, 6.07) is 0. The fourth-order valence-corrected chi connectivity index (χ4v) is 1.24. The molecule has 0 aromatic rings. The van der Waals surface area contributed by atoms with Gasteiger partial charge in [-0.3, -0.25) is 0 Å². The molecule has 0 bridgehead atoms. The summed E-state index contributed by atoms with van der Waals surface area (Å²) in [4.78, 5) is 0. The second-order valence-corrected chi connectivity index (χ2v) is 2.82. The lowest BCUT2D eigenvalue weighted by molar-refractivity contribution is 0.780. The highest BCUT2D eigenvalue weighted by atomic mass is 14.1. The molecule has 0 aliphatic heterocycles. The monoisotopic (exact) mass is 121 g/mol. The van der Waals surface area contributed by atoms with E-state index < -0.39 is 0 Å². The molecular weight excluding hydrogens is 108 g/mol. The van der Waals surface area contributed by atoms with Crippen LogP contribution in [-0.2, 0) is 0 Å². The van der Waals surface area contributed by atoms with Crippen LogP contribution in [0.2, 0.25) is 0 Å². The minimum absolute atomic E-state index is 0.681. The van der Waals surface area contributed by atoms with Crippen LogP contribution in [0.15, 0.2) is 17.2 Å². The quantitative estimate of drug-likeness (QED) is 0.500. The van der Waals surface area contributed by atoms with E-state index in [0.29, 0.717) is 5.92 Å². The molecule has 0 spiro atoms. The largest absolute Gasteiger partial charge is 0.0764 e. The van der Waals surface area contributed by atoms with Crippen molar-refractivity contribution in [3.63, 3.8) is 0 Å². The van der Waals surface area contributed by atoms with Gasteiger partial charge in [-0.05, 0) is 36.5 Å². The molecule has 0 saturated heterocycles. The number of rotatable bonds is 1. The zero-order chi connectivity index (χ0) is 6.85. The van der Waals surface area contributed by atoms with Gasteiger partial charge in [-0.2, -0.15) is 0 Å². The minimum atomic E-state index is 0.681. The zero-order valence-electron chi connectivity index (χ0n) is 6.36. The maximum atomic E-state index is 3.27. The van der Waals surface area contributed by atoms with Gasteiger partial charge in [-0.25, -0.2) is 0 Å². The molecule has 0 N–H and O–H groups in total. The molecule has 1 aliphatic rings. The van der Waals surface area contributed by atoms with Crippen molar-refractivity contribution in [3.05, 3.63) is 23.3 Å². The van der Waals surface area contributed by atoms with Gasteiger partial charge in [0.05, 0.1) is 0 Å². The number of hydrogen-bond donors (Lipinski definition) is 0. The minimum Gasteiger partial charge on any atom is -0.0764 e. The van der Waals surface area contributed by atoms with Crippen molar-refractivity contribution < 1.29 is 0 Å². The lowest BCUT2D eigenvalue weighted by Gasteiger charge is -2.06. The molecule has 0 aromatic heterocycles. The van der Waals surface area contributed by atoms with Crippen LogP contribution in [0.5, 0.6) is 0 Å². The Labute approximate surface area is 57.3 Å². The van der Waals surface area contributed by atoms with Gasteiger partial charge in [0.15, 0.2) is 0 Å². The first-order valence-electron chi connectivity index (χ1n) is 3.49. The fraction of sp³-hybridized carbons (Fsp3) is 0.556. The van der Waals surface area contributed by atoms with E-state index in [1.54, 1.807) is 0 Å². The van der Waals surface area contributed by atoms with Gasteiger partial charge in [0.2, 0.25) is 0 Å². The van der Waals surface area contributed by atoms with Crippen LogP contribution in [0, 0.1) is 12.0 Å². The first kappa shape index (κ1) is 6.60. The molecule has 1 radical (unpaired) electrons. The molecule has 0 amide bonds. The smallest absolute Gasteiger partial charge is 0.00857 e. The highest BCUT2D eigenvalue weighted by molar-refractivity contribution is 5.33. The summed E-state index contributed by atoms with van der Waals surface area (Å²) in [5.74, 6) is 0.681. The third kappa shape index (κ3) is 1.24. The Hall–Kier alpha value is -0.520. The van der Waals surface area contributed by atoms with E-state index in [1.165, 1.54) is 11.1 Å². The molecule has 0 aromatic carbocycles. The van der Waals surface area contributed by atoms with Gasteiger partial charge in [0.1, 0.15) is 0 Å². The predicted octanol–water partition coefficient (Wildman–Crippen LogP) is 2.72. The van der Waals surface area contributed by atoms with Crippen molar-refractivity contribution in [2.75, 3.05) is 0 Å². The van der Waals surface area contributed by atoms with E-state index in [2.05, 4.69) is 32.9 Å². The van der Waals surface area contributed by atoms with E-state index in [9.17, 15) is 0 Å². The first-order valence-corrected chi connectivity index (χ1v) is 3.49. The Morgan fingerprint density at radius 2 is 2.22 bits per heavy atom. The summed E-state index contributed by atoms with van der Waals surface area (Å²) in [5, 5.41) is 0. The Kier molecular flexibility index (Phi) is 1.75. The summed E-state index contributed by atoms with van der Waals surface area (Å²) in [7, 11) is 0. The first-order chi connectivity index (χ1) is 4.22.